The van der Waals surface area contributed by atoms with Gasteiger partial charge in [-0.05, 0) is 44.7 Å². The smallest absolute Gasteiger partial charge is 0.299 e. The van der Waals surface area contributed by atoms with Crippen LogP contribution in [0, 0.1) is 6.92 Å². The summed E-state index contributed by atoms with van der Waals surface area (Å²) in [4.78, 5) is 35.3. The minimum absolute atomic E-state index is 0.186. The van der Waals surface area contributed by atoms with E-state index in [0.717, 1.165) is 56.7 Å². The predicted octanol–water partition coefficient (Wildman–Crippen LogP) is 4.03. The average molecular weight is 460 g/mol. The molecule has 4 aromatic rings. The fraction of sp³-hybridized carbons (Fsp3) is 0.375. The second-order valence-electron chi connectivity index (χ2n) is 8.74. The summed E-state index contributed by atoms with van der Waals surface area (Å²) >= 11 is 0. The molecule has 4 aromatic heterocycles. The molecule has 2 aliphatic rings. The summed E-state index contributed by atoms with van der Waals surface area (Å²) in [6, 6.07) is 6.05. The van der Waals surface area contributed by atoms with Gasteiger partial charge in [0.05, 0.1) is 5.69 Å². The van der Waals surface area contributed by atoms with E-state index < -0.39 is 0 Å². The van der Waals surface area contributed by atoms with Crippen LogP contribution in [0.3, 0.4) is 0 Å². The highest BCUT2D eigenvalue weighted by molar-refractivity contribution is 6.05. The maximum absolute atomic E-state index is 13.0. The number of fused-ring (bicyclic) bond motifs is 1. The van der Waals surface area contributed by atoms with E-state index in [1.54, 1.807) is 12.3 Å². The summed E-state index contributed by atoms with van der Waals surface area (Å²) in [6.07, 6.45) is 7.62. The molecule has 10 nitrogen and oxygen atoms in total. The zero-order chi connectivity index (χ0) is 23.1. The summed E-state index contributed by atoms with van der Waals surface area (Å²) in [5.41, 5.74) is 3.47. The van der Waals surface area contributed by atoms with Crippen LogP contribution in [0.25, 0.3) is 22.7 Å². The summed E-state index contributed by atoms with van der Waals surface area (Å²) < 4.78 is 11.6. The van der Waals surface area contributed by atoms with Crippen molar-refractivity contribution < 1.29 is 13.6 Å². The van der Waals surface area contributed by atoms with Gasteiger partial charge in [0.15, 0.2) is 17.1 Å². The van der Waals surface area contributed by atoms with Gasteiger partial charge in [0.1, 0.15) is 6.26 Å². The molecule has 1 amide bonds. The van der Waals surface area contributed by atoms with Gasteiger partial charge in [-0.15, -0.1) is 0 Å². The van der Waals surface area contributed by atoms with Gasteiger partial charge >= 0.3 is 0 Å². The zero-order valence-corrected chi connectivity index (χ0v) is 19.0. The molecule has 34 heavy (non-hydrogen) atoms. The van der Waals surface area contributed by atoms with E-state index in [1.165, 1.54) is 12.7 Å². The topological polar surface area (TPSA) is 113 Å². The van der Waals surface area contributed by atoms with E-state index in [1.807, 2.05) is 19.1 Å². The lowest BCUT2D eigenvalue weighted by Crippen LogP contribution is -2.38. The van der Waals surface area contributed by atoms with Crippen molar-refractivity contribution in [2.45, 2.75) is 32.6 Å². The van der Waals surface area contributed by atoms with E-state index in [0.29, 0.717) is 34.6 Å². The number of hydrogen-bond acceptors (Lipinski definition) is 9. The van der Waals surface area contributed by atoms with Gasteiger partial charge in [0.2, 0.25) is 11.5 Å². The highest BCUT2D eigenvalue weighted by atomic mass is 16.4. The lowest BCUT2D eigenvalue weighted by Gasteiger charge is -2.33. The molecule has 0 bridgehead atoms. The molecule has 1 N–H and O–H groups in total. The van der Waals surface area contributed by atoms with E-state index in [-0.39, 0.29) is 11.6 Å². The molecule has 2 fully saturated rings. The zero-order valence-electron chi connectivity index (χ0n) is 19.0. The predicted molar refractivity (Wildman–Crippen MR) is 127 cm³/mol. The van der Waals surface area contributed by atoms with Gasteiger partial charge in [-0.2, -0.15) is 4.98 Å². The van der Waals surface area contributed by atoms with Crippen LogP contribution in [0.2, 0.25) is 0 Å². The monoisotopic (exact) mass is 459 g/mol. The number of anilines is 3. The number of nitrogens with one attached hydrogen (secondary N) is 1. The third-order valence-electron chi connectivity index (χ3n) is 6.26. The molecule has 0 unspecified atom stereocenters. The summed E-state index contributed by atoms with van der Waals surface area (Å²) in [7, 11) is 0. The van der Waals surface area contributed by atoms with Crippen LogP contribution < -0.4 is 15.1 Å². The van der Waals surface area contributed by atoms with Gasteiger partial charge in [-0.25, -0.2) is 9.97 Å². The van der Waals surface area contributed by atoms with Crippen molar-refractivity contribution in [2.24, 2.45) is 0 Å². The summed E-state index contributed by atoms with van der Waals surface area (Å²) in [5, 5.41) is 2.95. The van der Waals surface area contributed by atoms with E-state index in [4.69, 9.17) is 13.8 Å². The lowest BCUT2D eigenvalue weighted by molar-refractivity contribution is 0.102. The number of aryl methyl sites for hydroxylation is 1. The Morgan fingerprint density at radius 3 is 2.59 bits per heavy atom. The van der Waals surface area contributed by atoms with Crippen molar-refractivity contribution in [3.05, 3.63) is 42.0 Å². The molecule has 0 aromatic carbocycles. The Bertz CT molecular complexity index is 1350. The van der Waals surface area contributed by atoms with Crippen molar-refractivity contribution in [3.8, 4) is 11.5 Å². The van der Waals surface area contributed by atoms with Crippen LogP contribution in [-0.4, -0.2) is 52.0 Å². The third-order valence-corrected chi connectivity index (χ3v) is 6.26. The van der Waals surface area contributed by atoms with Crippen LogP contribution in [0.1, 0.15) is 41.9 Å². The number of amides is 1. The number of pyridine rings is 2. The second kappa shape index (κ2) is 8.44. The van der Waals surface area contributed by atoms with Crippen LogP contribution in [0.5, 0.6) is 0 Å². The lowest BCUT2D eigenvalue weighted by atomic mass is 10.1. The normalized spacial score (nSPS) is 16.0. The quantitative estimate of drug-likeness (QED) is 0.472. The summed E-state index contributed by atoms with van der Waals surface area (Å²) in [5.74, 6) is 0.687. The first-order valence-electron chi connectivity index (χ1n) is 11.7. The Morgan fingerprint density at radius 2 is 1.82 bits per heavy atom. The highest BCUT2D eigenvalue weighted by Crippen LogP contribution is 2.33. The maximum Gasteiger partial charge on any atom is 0.299 e. The number of carbonyl (C=O) groups excluding carboxylic acids is 1. The van der Waals surface area contributed by atoms with Crippen molar-refractivity contribution >= 4 is 34.7 Å². The number of aromatic nitrogens is 4. The molecule has 2 saturated heterocycles. The van der Waals surface area contributed by atoms with Gasteiger partial charge in [0, 0.05) is 49.7 Å². The summed E-state index contributed by atoms with van der Waals surface area (Å²) in [6.45, 7) is 5.52. The molecular formula is C24H25N7O3. The van der Waals surface area contributed by atoms with Gasteiger partial charge < -0.3 is 24.0 Å². The Balaban J connectivity index is 1.29. The fourth-order valence-electron chi connectivity index (χ4n) is 4.30. The number of nitrogens with zero attached hydrogens (tertiary/aromatic N) is 6. The molecule has 0 spiro atoms. The molecule has 6 rings (SSSR count). The standard InChI is InChI=1S/C24H25N7O3/c1-15-12-16(6-7-25-15)23-27-18(14-33-23)22(32)26-17-13-19-20(28-21(17)30-10-5-11-30)29-24(34-19)31-8-3-2-4-9-31/h6-7,12-14H,2-5,8-11H2,1H3,(H,26,32). The molecule has 6 heterocycles. The maximum atomic E-state index is 13.0. The Kier molecular flexibility index (Phi) is 5.12. The number of rotatable bonds is 5. The van der Waals surface area contributed by atoms with Crippen molar-refractivity contribution in [3.63, 3.8) is 0 Å². The molecule has 0 radical (unpaired) electrons. The van der Waals surface area contributed by atoms with Crippen molar-refractivity contribution in [2.75, 3.05) is 41.3 Å². The van der Waals surface area contributed by atoms with Gasteiger partial charge in [-0.1, -0.05) is 0 Å². The minimum Gasteiger partial charge on any atom is -0.444 e. The average Bonchev–Trinajstić information content (AvgIpc) is 3.46. The number of carbonyl (C=O) groups is 1. The van der Waals surface area contributed by atoms with E-state index in [2.05, 4.69) is 30.1 Å². The highest BCUT2D eigenvalue weighted by Gasteiger charge is 2.25. The Morgan fingerprint density at radius 1 is 1.00 bits per heavy atom. The van der Waals surface area contributed by atoms with Crippen molar-refractivity contribution in [1.82, 2.24) is 19.9 Å². The van der Waals surface area contributed by atoms with Crippen LogP contribution in [-0.2, 0) is 0 Å². The first-order chi connectivity index (χ1) is 16.6. The number of oxazole rings is 2. The van der Waals surface area contributed by atoms with E-state index >= 15 is 0 Å². The SMILES string of the molecule is Cc1cc(-c2nc(C(=O)Nc3cc4oc(N5CCCCC5)nc4nc3N3CCC3)co2)ccn1. The van der Waals surface area contributed by atoms with Crippen LogP contribution in [0.4, 0.5) is 17.5 Å². The van der Waals surface area contributed by atoms with Crippen LogP contribution in [0.15, 0.2) is 39.5 Å². The van der Waals surface area contributed by atoms with Gasteiger partial charge in [0.25, 0.3) is 11.9 Å². The van der Waals surface area contributed by atoms with Crippen molar-refractivity contribution in [1.29, 1.82) is 0 Å². The molecular weight excluding hydrogens is 434 g/mol. The molecule has 2 aliphatic heterocycles. The largest absolute Gasteiger partial charge is 0.444 e. The Hall–Kier alpha value is -3.95. The number of piperidine rings is 1. The Labute approximate surface area is 196 Å². The molecule has 0 aliphatic carbocycles. The molecule has 0 saturated carbocycles. The first kappa shape index (κ1) is 20.6. The minimum atomic E-state index is -0.375. The fourth-order valence-corrected chi connectivity index (χ4v) is 4.30. The molecule has 0 atom stereocenters. The van der Waals surface area contributed by atoms with Crippen LogP contribution >= 0.6 is 0 Å². The molecule has 174 valence electrons. The molecule has 10 heteroatoms. The van der Waals surface area contributed by atoms with E-state index in [9.17, 15) is 4.79 Å². The second-order valence-corrected chi connectivity index (χ2v) is 8.74. The first-order valence-corrected chi connectivity index (χ1v) is 11.7. The number of hydrogen-bond donors (Lipinski definition) is 1. The third kappa shape index (κ3) is 3.85. The van der Waals surface area contributed by atoms with Gasteiger partial charge in [-0.3, -0.25) is 9.78 Å².